The summed E-state index contributed by atoms with van der Waals surface area (Å²) in [5.74, 6) is -1.53. The standard InChI is InChI=1S/C10H9F2NO2/c11-6-1-2-8(12)7(5-6)10(15)9(14)3-4-13/h1-2,5,9-10,14-15H,3H2. The molecule has 0 amide bonds. The first-order chi connectivity index (χ1) is 7.06. The molecule has 0 aliphatic heterocycles. The summed E-state index contributed by atoms with van der Waals surface area (Å²) in [4.78, 5) is 0. The highest BCUT2D eigenvalue weighted by Crippen LogP contribution is 2.22. The van der Waals surface area contributed by atoms with E-state index in [9.17, 15) is 19.0 Å². The van der Waals surface area contributed by atoms with Crippen molar-refractivity contribution >= 4 is 0 Å². The number of rotatable bonds is 3. The molecule has 0 heterocycles. The SMILES string of the molecule is N#CCC(O)C(O)c1cc(F)ccc1F. The van der Waals surface area contributed by atoms with E-state index in [0.29, 0.717) is 0 Å². The van der Waals surface area contributed by atoms with Crippen LogP contribution in [0.4, 0.5) is 8.78 Å². The molecule has 0 spiro atoms. The Labute approximate surface area is 85.2 Å². The van der Waals surface area contributed by atoms with Gasteiger partial charge < -0.3 is 10.2 Å². The fourth-order valence-electron chi connectivity index (χ4n) is 1.15. The van der Waals surface area contributed by atoms with Gasteiger partial charge in [0, 0.05) is 5.56 Å². The molecule has 0 radical (unpaired) electrons. The zero-order valence-electron chi connectivity index (χ0n) is 7.69. The van der Waals surface area contributed by atoms with Crippen molar-refractivity contribution in [2.75, 3.05) is 0 Å². The molecule has 0 aliphatic carbocycles. The van der Waals surface area contributed by atoms with Crippen LogP contribution < -0.4 is 0 Å². The molecule has 2 atom stereocenters. The van der Waals surface area contributed by atoms with Gasteiger partial charge in [-0.25, -0.2) is 8.78 Å². The molecule has 80 valence electrons. The Bertz CT molecular complexity index is 389. The van der Waals surface area contributed by atoms with E-state index in [4.69, 9.17) is 5.26 Å². The lowest BCUT2D eigenvalue weighted by atomic mass is 10.0. The molecule has 5 heteroatoms. The largest absolute Gasteiger partial charge is 0.389 e. The molecule has 2 unspecified atom stereocenters. The molecule has 2 N–H and O–H groups in total. The first-order valence-electron chi connectivity index (χ1n) is 4.24. The van der Waals surface area contributed by atoms with E-state index in [1.54, 1.807) is 6.07 Å². The molecule has 0 saturated heterocycles. The highest BCUT2D eigenvalue weighted by Gasteiger charge is 2.21. The lowest BCUT2D eigenvalue weighted by Gasteiger charge is -2.16. The van der Waals surface area contributed by atoms with Crippen LogP contribution in [0.5, 0.6) is 0 Å². The van der Waals surface area contributed by atoms with Crippen LogP contribution >= 0.6 is 0 Å². The Hall–Kier alpha value is -1.51. The number of nitrogens with zero attached hydrogens (tertiary/aromatic N) is 1. The van der Waals surface area contributed by atoms with Gasteiger partial charge in [0.2, 0.25) is 0 Å². The molecule has 0 saturated carbocycles. The summed E-state index contributed by atoms with van der Waals surface area (Å²) in [6.45, 7) is 0. The van der Waals surface area contributed by atoms with Gasteiger partial charge in [0.25, 0.3) is 0 Å². The van der Waals surface area contributed by atoms with Crippen molar-refractivity contribution in [3.05, 3.63) is 35.4 Å². The Morgan fingerprint density at radius 3 is 2.60 bits per heavy atom. The fourth-order valence-corrected chi connectivity index (χ4v) is 1.15. The fraction of sp³-hybridized carbons (Fsp3) is 0.300. The third kappa shape index (κ3) is 2.72. The van der Waals surface area contributed by atoms with Crippen LogP contribution in [0.2, 0.25) is 0 Å². The summed E-state index contributed by atoms with van der Waals surface area (Å²) < 4.78 is 25.8. The van der Waals surface area contributed by atoms with Gasteiger partial charge in [-0.3, -0.25) is 0 Å². The average Bonchev–Trinajstić information content (AvgIpc) is 2.21. The second-order valence-corrected chi connectivity index (χ2v) is 3.04. The van der Waals surface area contributed by atoms with Crippen molar-refractivity contribution < 1.29 is 19.0 Å². The normalized spacial score (nSPS) is 14.3. The van der Waals surface area contributed by atoms with Crippen molar-refractivity contribution in [3.8, 4) is 6.07 Å². The van der Waals surface area contributed by atoms with Crippen LogP contribution in [-0.2, 0) is 0 Å². The number of benzene rings is 1. The van der Waals surface area contributed by atoms with Gasteiger partial charge in [0.15, 0.2) is 0 Å². The summed E-state index contributed by atoms with van der Waals surface area (Å²) in [5, 5.41) is 26.9. The number of hydrogen-bond donors (Lipinski definition) is 2. The zero-order chi connectivity index (χ0) is 11.4. The Balaban J connectivity index is 2.95. The lowest BCUT2D eigenvalue weighted by molar-refractivity contribution is 0.0193. The van der Waals surface area contributed by atoms with E-state index in [2.05, 4.69) is 0 Å². The molecule has 0 aromatic heterocycles. The van der Waals surface area contributed by atoms with E-state index in [1.165, 1.54) is 0 Å². The summed E-state index contributed by atoms with van der Waals surface area (Å²) in [7, 11) is 0. The van der Waals surface area contributed by atoms with Crippen molar-refractivity contribution in [2.24, 2.45) is 0 Å². The number of aliphatic hydroxyl groups is 2. The van der Waals surface area contributed by atoms with Crippen molar-refractivity contribution in [1.82, 2.24) is 0 Å². The maximum atomic E-state index is 13.1. The molecular weight excluding hydrogens is 204 g/mol. The number of aliphatic hydroxyl groups excluding tert-OH is 2. The number of halogens is 2. The molecule has 0 fully saturated rings. The van der Waals surface area contributed by atoms with E-state index in [1.807, 2.05) is 0 Å². The second-order valence-electron chi connectivity index (χ2n) is 3.04. The molecular formula is C10H9F2NO2. The third-order valence-electron chi connectivity index (χ3n) is 1.94. The topological polar surface area (TPSA) is 64.2 Å². The maximum Gasteiger partial charge on any atom is 0.129 e. The minimum atomic E-state index is -1.60. The molecule has 0 aliphatic rings. The summed E-state index contributed by atoms with van der Waals surface area (Å²) in [6.07, 6.45) is -3.37. The van der Waals surface area contributed by atoms with Crippen LogP contribution in [0.25, 0.3) is 0 Å². The van der Waals surface area contributed by atoms with Gasteiger partial charge in [-0.1, -0.05) is 0 Å². The van der Waals surface area contributed by atoms with Crippen LogP contribution in [-0.4, -0.2) is 16.3 Å². The minimum absolute atomic E-state index is 0.349. The summed E-state index contributed by atoms with van der Waals surface area (Å²) in [5.41, 5.74) is -0.349. The van der Waals surface area contributed by atoms with E-state index in [-0.39, 0.29) is 12.0 Å². The van der Waals surface area contributed by atoms with E-state index >= 15 is 0 Å². The maximum absolute atomic E-state index is 13.1. The monoisotopic (exact) mass is 213 g/mol. The molecule has 1 rings (SSSR count). The summed E-state index contributed by atoms with van der Waals surface area (Å²) >= 11 is 0. The molecule has 1 aromatic carbocycles. The Kier molecular flexibility index (Phi) is 3.72. The van der Waals surface area contributed by atoms with Crippen LogP contribution in [0, 0.1) is 23.0 Å². The lowest BCUT2D eigenvalue weighted by Crippen LogP contribution is -2.18. The van der Waals surface area contributed by atoms with Gasteiger partial charge >= 0.3 is 0 Å². The zero-order valence-corrected chi connectivity index (χ0v) is 7.69. The predicted molar refractivity (Wildman–Crippen MR) is 47.6 cm³/mol. The summed E-state index contributed by atoms with van der Waals surface area (Å²) in [6, 6.07) is 4.18. The minimum Gasteiger partial charge on any atom is -0.389 e. The van der Waals surface area contributed by atoms with Gasteiger partial charge in [0.05, 0.1) is 18.6 Å². The number of hydrogen-bond acceptors (Lipinski definition) is 3. The first-order valence-corrected chi connectivity index (χ1v) is 4.24. The average molecular weight is 213 g/mol. The predicted octanol–water partition coefficient (Wildman–Crippen LogP) is 1.27. The smallest absolute Gasteiger partial charge is 0.129 e. The van der Waals surface area contributed by atoms with Gasteiger partial charge in [-0.05, 0) is 18.2 Å². The second kappa shape index (κ2) is 4.82. The van der Waals surface area contributed by atoms with Crippen LogP contribution in [0.15, 0.2) is 18.2 Å². The molecule has 3 nitrogen and oxygen atoms in total. The van der Waals surface area contributed by atoms with Crippen LogP contribution in [0.3, 0.4) is 0 Å². The molecule has 15 heavy (non-hydrogen) atoms. The molecule has 1 aromatic rings. The van der Waals surface area contributed by atoms with Crippen molar-refractivity contribution in [2.45, 2.75) is 18.6 Å². The first kappa shape index (κ1) is 11.6. The Morgan fingerprint density at radius 2 is 2.00 bits per heavy atom. The van der Waals surface area contributed by atoms with Gasteiger partial charge in [-0.15, -0.1) is 0 Å². The molecule has 0 bridgehead atoms. The van der Waals surface area contributed by atoms with Crippen LogP contribution in [0.1, 0.15) is 18.1 Å². The van der Waals surface area contributed by atoms with E-state index < -0.39 is 23.8 Å². The van der Waals surface area contributed by atoms with Gasteiger partial charge in [-0.2, -0.15) is 5.26 Å². The quantitative estimate of drug-likeness (QED) is 0.794. The van der Waals surface area contributed by atoms with Gasteiger partial charge in [0.1, 0.15) is 17.7 Å². The third-order valence-corrected chi connectivity index (χ3v) is 1.94. The van der Waals surface area contributed by atoms with Crippen molar-refractivity contribution in [3.63, 3.8) is 0 Å². The Morgan fingerprint density at radius 1 is 1.33 bits per heavy atom. The van der Waals surface area contributed by atoms with E-state index in [0.717, 1.165) is 18.2 Å². The van der Waals surface area contributed by atoms with Crippen molar-refractivity contribution in [1.29, 1.82) is 5.26 Å². The highest BCUT2D eigenvalue weighted by atomic mass is 19.1. The number of nitriles is 1. The highest BCUT2D eigenvalue weighted by molar-refractivity contribution is 5.22.